The van der Waals surface area contributed by atoms with E-state index in [0.29, 0.717) is 31.7 Å². The molecule has 9 nitrogen and oxygen atoms in total. The van der Waals surface area contributed by atoms with Crippen LogP contribution >= 0.6 is 0 Å². The third kappa shape index (κ3) is 7.21. The molecule has 1 heterocycles. The van der Waals surface area contributed by atoms with Crippen molar-refractivity contribution < 1.29 is 24.0 Å². The molecule has 2 aromatic rings. The lowest BCUT2D eigenvalue weighted by Gasteiger charge is -2.11. The summed E-state index contributed by atoms with van der Waals surface area (Å²) >= 11 is 0. The van der Waals surface area contributed by atoms with Gasteiger partial charge in [0.2, 0.25) is 5.88 Å². The van der Waals surface area contributed by atoms with E-state index >= 15 is 0 Å². The minimum Gasteiger partial charge on any atom is -0.476 e. The van der Waals surface area contributed by atoms with Gasteiger partial charge in [0.15, 0.2) is 0 Å². The zero-order valence-corrected chi connectivity index (χ0v) is 16.1. The fourth-order valence-corrected chi connectivity index (χ4v) is 2.48. The van der Waals surface area contributed by atoms with Crippen molar-refractivity contribution >= 4 is 23.3 Å². The predicted octanol–water partition coefficient (Wildman–Crippen LogP) is 3.74. The molecule has 9 heteroatoms. The summed E-state index contributed by atoms with van der Waals surface area (Å²) in [5.41, 5.74) is 0.599. The number of ether oxygens (including phenoxy) is 2. The largest absolute Gasteiger partial charge is 0.476 e. The SMILES string of the molecule is CCOC(=O)CCCCCOc1ncccc1NC(=O)c1ccc([N+](=O)[O-])cc1. The second kappa shape index (κ2) is 11.4. The second-order valence-corrected chi connectivity index (χ2v) is 6.08. The summed E-state index contributed by atoms with van der Waals surface area (Å²) in [6.07, 6.45) is 4.18. The van der Waals surface area contributed by atoms with Gasteiger partial charge in [0.05, 0.1) is 18.1 Å². The lowest BCUT2D eigenvalue weighted by Crippen LogP contribution is -2.13. The Balaban J connectivity index is 1.84. The van der Waals surface area contributed by atoms with Gasteiger partial charge in [-0.25, -0.2) is 4.98 Å². The number of pyridine rings is 1. The number of nitro benzene ring substituents is 1. The molecule has 0 unspecified atom stereocenters. The number of benzene rings is 1. The Bertz CT molecular complexity index is 838. The standard InChI is InChI=1S/C20H23N3O6/c1-2-28-18(24)8-4-3-5-14-29-20-17(7-6-13-21-20)22-19(25)15-9-11-16(12-10-15)23(26)27/h6-7,9-13H,2-5,8,14H2,1H3,(H,22,25). The number of amides is 1. The molecule has 0 bridgehead atoms. The molecule has 1 N–H and O–H groups in total. The van der Waals surface area contributed by atoms with Crippen molar-refractivity contribution in [3.63, 3.8) is 0 Å². The van der Waals surface area contributed by atoms with E-state index in [9.17, 15) is 19.7 Å². The predicted molar refractivity (Wildman–Crippen MR) is 106 cm³/mol. The molecular formula is C20H23N3O6. The maximum atomic E-state index is 12.4. The van der Waals surface area contributed by atoms with E-state index < -0.39 is 10.8 Å². The van der Waals surface area contributed by atoms with Crippen LogP contribution in [0, 0.1) is 10.1 Å². The lowest BCUT2D eigenvalue weighted by atomic mass is 10.2. The molecule has 0 saturated carbocycles. The highest BCUT2D eigenvalue weighted by atomic mass is 16.6. The number of esters is 1. The third-order valence-corrected chi connectivity index (χ3v) is 3.93. The highest BCUT2D eigenvalue weighted by Crippen LogP contribution is 2.22. The average Bonchev–Trinajstić information content (AvgIpc) is 2.72. The summed E-state index contributed by atoms with van der Waals surface area (Å²) < 4.78 is 10.5. The smallest absolute Gasteiger partial charge is 0.305 e. The van der Waals surface area contributed by atoms with Gasteiger partial charge < -0.3 is 14.8 Å². The first-order valence-corrected chi connectivity index (χ1v) is 9.30. The molecule has 0 aliphatic heterocycles. The molecule has 0 aliphatic rings. The number of rotatable bonds is 11. The van der Waals surface area contributed by atoms with Gasteiger partial charge in [0.1, 0.15) is 5.69 Å². The van der Waals surface area contributed by atoms with E-state index in [1.807, 2.05) is 0 Å². The number of carbonyl (C=O) groups is 2. The Morgan fingerprint density at radius 3 is 2.59 bits per heavy atom. The molecule has 0 fully saturated rings. The monoisotopic (exact) mass is 401 g/mol. The molecule has 0 saturated heterocycles. The van der Waals surface area contributed by atoms with E-state index in [4.69, 9.17) is 9.47 Å². The Morgan fingerprint density at radius 1 is 1.14 bits per heavy atom. The first-order valence-electron chi connectivity index (χ1n) is 9.30. The van der Waals surface area contributed by atoms with Crippen LogP contribution in [0.4, 0.5) is 11.4 Å². The minimum absolute atomic E-state index is 0.0880. The summed E-state index contributed by atoms with van der Waals surface area (Å²) in [6.45, 7) is 2.55. The fourth-order valence-electron chi connectivity index (χ4n) is 2.48. The number of nitrogens with one attached hydrogen (secondary N) is 1. The van der Waals surface area contributed by atoms with Crippen LogP contribution in [0.2, 0.25) is 0 Å². The van der Waals surface area contributed by atoms with Crippen LogP contribution in [-0.4, -0.2) is 35.0 Å². The van der Waals surface area contributed by atoms with Crippen LogP contribution in [0.3, 0.4) is 0 Å². The molecule has 0 atom stereocenters. The molecular weight excluding hydrogens is 378 g/mol. The Kier molecular flexibility index (Phi) is 8.55. The van der Waals surface area contributed by atoms with Crippen LogP contribution in [0.1, 0.15) is 43.0 Å². The van der Waals surface area contributed by atoms with Gasteiger partial charge in [-0.15, -0.1) is 0 Å². The number of nitrogens with zero attached hydrogens (tertiary/aromatic N) is 2. The van der Waals surface area contributed by atoms with Gasteiger partial charge >= 0.3 is 5.97 Å². The van der Waals surface area contributed by atoms with Crippen molar-refractivity contribution in [2.45, 2.75) is 32.6 Å². The first-order chi connectivity index (χ1) is 14.0. The number of hydrogen-bond donors (Lipinski definition) is 1. The molecule has 154 valence electrons. The quantitative estimate of drug-likeness (QED) is 0.263. The number of anilines is 1. The minimum atomic E-state index is -0.526. The fraction of sp³-hybridized carbons (Fsp3) is 0.350. The summed E-state index contributed by atoms with van der Waals surface area (Å²) in [7, 11) is 0. The number of non-ortho nitro benzene ring substituents is 1. The number of hydrogen-bond acceptors (Lipinski definition) is 7. The highest BCUT2D eigenvalue weighted by Gasteiger charge is 2.13. The summed E-state index contributed by atoms with van der Waals surface area (Å²) in [5, 5.41) is 13.4. The van der Waals surface area contributed by atoms with Crippen molar-refractivity contribution in [3.05, 3.63) is 58.3 Å². The molecule has 0 aliphatic carbocycles. The van der Waals surface area contributed by atoms with Crippen molar-refractivity contribution in [3.8, 4) is 5.88 Å². The van der Waals surface area contributed by atoms with E-state index in [2.05, 4.69) is 10.3 Å². The molecule has 0 spiro atoms. The first kappa shape index (κ1) is 21.8. The topological polar surface area (TPSA) is 121 Å². The van der Waals surface area contributed by atoms with Crippen molar-refractivity contribution in [2.75, 3.05) is 18.5 Å². The maximum Gasteiger partial charge on any atom is 0.305 e. The molecule has 29 heavy (non-hydrogen) atoms. The van der Waals surface area contributed by atoms with Gasteiger partial charge in [-0.05, 0) is 50.5 Å². The Hall–Kier alpha value is -3.49. The lowest BCUT2D eigenvalue weighted by molar-refractivity contribution is -0.384. The maximum absolute atomic E-state index is 12.4. The van der Waals surface area contributed by atoms with E-state index in [-0.39, 0.29) is 23.1 Å². The summed E-state index contributed by atoms with van der Waals surface area (Å²) in [6, 6.07) is 8.63. The van der Waals surface area contributed by atoms with Crippen molar-refractivity contribution in [1.82, 2.24) is 4.98 Å². The summed E-state index contributed by atoms with van der Waals surface area (Å²) in [4.78, 5) is 38.0. The Labute approximate surface area is 168 Å². The van der Waals surface area contributed by atoms with Crippen LogP contribution < -0.4 is 10.1 Å². The number of carbonyl (C=O) groups excluding carboxylic acids is 2. The number of nitro groups is 1. The van der Waals surface area contributed by atoms with Gasteiger partial charge in [-0.1, -0.05) is 0 Å². The van der Waals surface area contributed by atoms with Crippen LogP contribution in [0.25, 0.3) is 0 Å². The molecule has 2 rings (SSSR count). The Morgan fingerprint density at radius 2 is 1.90 bits per heavy atom. The number of aromatic nitrogens is 1. The van der Waals surface area contributed by atoms with Gasteiger partial charge in [0, 0.05) is 30.3 Å². The highest BCUT2D eigenvalue weighted by molar-refractivity contribution is 6.04. The zero-order valence-electron chi connectivity index (χ0n) is 16.1. The van der Waals surface area contributed by atoms with Gasteiger partial charge in [-0.2, -0.15) is 0 Å². The second-order valence-electron chi connectivity index (χ2n) is 6.08. The normalized spacial score (nSPS) is 10.2. The zero-order chi connectivity index (χ0) is 21.1. The molecule has 0 radical (unpaired) electrons. The van der Waals surface area contributed by atoms with Crippen LogP contribution in [0.15, 0.2) is 42.6 Å². The van der Waals surface area contributed by atoms with Crippen molar-refractivity contribution in [1.29, 1.82) is 0 Å². The molecule has 1 aromatic heterocycles. The van der Waals surface area contributed by atoms with Crippen molar-refractivity contribution in [2.24, 2.45) is 0 Å². The van der Waals surface area contributed by atoms with Crippen LogP contribution in [-0.2, 0) is 9.53 Å². The average molecular weight is 401 g/mol. The third-order valence-electron chi connectivity index (χ3n) is 3.93. The van der Waals surface area contributed by atoms with E-state index in [0.717, 1.165) is 12.8 Å². The van der Waals surface area contributed by atoms with E-state index in [1.54, 1.807) is 25.3 Å². The summed E-state index contributed by atoms with van der Waals surface area (Å²) in [5.74, 6) is -0.338. The number of unbranched alkanes of at least 4 members (excludes halogenated alkanes) is 2. The van der Waals surface area contributed by atoms with E-state index in [1.165, 1.54) is 24.3 Å². The molecule has 1 aromatic carbocycles. The van der Waals surface area contributed by atoms with Gasteiger partial charge in [0.25, 0.3) is 11.6 Å². The molecule has 1 amide bonds. The van der Waals surface area contributed by atoms with Gasteiger partial charge in [-0.3, -0.25) is 19.7 Å². The van der Waals surface area contributed by atoms with Crippen LogP contribution in [0.5, 0.6) is 5.88 Å².